The Morgan fingerprint density at radius 2 is 2.22 bits per heavy atom. The summed E-state index contributed by atoms with van der Waals surface area (Å²) in [5, 5.41) is 2.59. The Hall–Kier alpha value is -2.05. The van der Waals surface area contributed by atoms with E-state index >= 15 is 0 Å². The molecule has 0 saturated carbocycles. The third-order valence-corrected chi connectivity index (χ3v) is 2.63. The summed E-state index contributed by atoms with van der Waals surface area (Å²) >= 11 is 0. The monoisotopic (exact) mass is 255 g/mol. The first-order valence-electron chi connectivity index (χ1n) is 5.45. The van der Waals surface area contributed by atoms with E-state index in [0.29, 0.717) is 19.5 Å². The van der Waals surface area contributed by atoms with Gasteiger partial charge in [0.1, 0.15) is 0 Å². The average molecular weight is 255 g/mol. The summed E-state index contributed by atoms with van der Waals surface area (Å²) in [5.74, 6) is -3.62. The molecule has 1 aromatic rings. The maximum Gasteiger partial charge on any atom is 0.257 e. The lowest BCUT2D eigenvalue weighted by atomic mass is 10.2. The number of amides is 2. The molecule has 1 aromatic heterocycles. The van der Waals surface area contributed by atoms with Crippen LogP contribution in [-0.2, 0) is 4.79 Å². The molecule has 18 heavy (non-hydrogen) atoms. The molecule has 0 bridgehead atoms. The fourth-order valence-corrected chi connectivity index (χ4v) is 1.73. The largest absolute Gasteiger partial charge is 0.354 e. The number of carbonyl (C=O) groups excluding carboxylic acids is 2. The van der Waals surface area contributed by atoms with Gasteiger partial charge >= 0.3 is 0 Å². The SMILES string of the molecule is O=C1CN(C(=O)c2ccnc(F)c2F)CCCN1. The van der Waals surface area contributed by atoms with E-state index in [1.165, 1.54) is 4.90 Å². The minimum Gasteiger partial charge on any atom is -0.354 e. The van der Waals surface area contributed by atoms with E-state index in [9.17, 15) is 18.4 Å². The number of pyridine rings is 1. The van der Waals surface area contributed by atoms with E-state index in [1.807, 2.05) is 0 Å². The van der Waals surface area contributed by atoms with Gasteiger partial charge in [-0.05, 0) is 12.5 Å². The number of aromatic nitrogens is 1. The molecule has 0 atom stereocenters. The number of nitrogens with one attached hydrogen (secondary N) is 1. The molecule has 7 heteroatoms. The van der Waals surface area contributed by atoms with Crippen LogP contribution in [-0.4, -0.2) is 41.3 Å². The molecule has 5 nitrogen and oxygen atoms in total. The smallest absolute Gasteiger partial charge is 0.257 e. The van der Waals surface area contributed by atoms with E-state index in [2.05, 4.69) is 10.3 Å². The summed E-state index contributed by atoms with van der Waals surface area (Å²) in [5.41, 5.74) is -0.405. The first-order chi connectivity index (χ1) is 8.59. The second kappa shape index (κ2) is 5.07. The Bertz CT molecular complexity index is 493. The molecule has 0 aromatic carbocycles. The van der Waals surface area contributed by atoms with Gasteiger partial charge in [0, 0.05) is 19.3 Å². The van der Waals surface area contributed by atoms with Crippen molar-refractivity contribution in [3.63, 3.8) is 0 Å². The fourth-order valence-electron chi connectivity index (χ4n) is 1.73. The normalized spacial score (nSPS) is 16.1. The van der Waals surface area contributed by atoms with Crippen molar-refractivity contribution in [1.29, 1.82) is 0 Å². The highest BCUT2D eigenvalue weighted by molar-refractivity contribution is 5.96. The summed E-state index contributed by atoms with van der Waals surface area (Å²) in [6, 6.07) is 1.10. The van der Waals surface area contributed by atoms with Gasteiger partial charge in [0.2, 0.25) is 11.9 Å². The Labute approximate surface area is 102 Å². The Morgan fingerprint density at radius 1 is 1.44 bits per heavy atom. The first-order valence-corrected chi connectivity index (χ1v) is 5.45. The van der Waals surface area contributed by atoms with E-state index in [4.69, 9.17) is 0 Å². The van der Waals surface area contributed by atoms with Crippen LogP contribution in [0.4, 0.5) is 8.78 Å². The number of rotatable bonds is 1. The van der Waals surface area contributed by atoms with E-state index in [0.717, 1.165) is 12.3 Å². The minimum atomic E-state index is -1.32. The highest BCUT2D eigenvalue weighted by atomic mass is 19.2. The maximum atomic E-state index is 13.4. The summed E-state index contributed by atoms with van der Waals surface area (Å²) in [6.07, 6.45) is 1.59. The molecule has 2 heterocycles. The van der Waals surface area contributed by atoms with Crippen LogP contribution in [0, 0.1) is 11.8 Å². The van der Waals surface area contributed by atoms with Gasteiger partial charge in [0.25, 0.3) is 5.91 Å². The molecule has 2 rings (SSSR count). The van der Waals surface area contributed by atoms with Gasteiger partial charge < -0.3 is 10.2 Å². The summed E-state index contributed by atoms with van der Waals surface area (Å²) in [7, 11) is 0. The lowest BCUT2D eigenvalue weighted by Crippen LogP contribution is -2.37. The predicted molar refractivity (Wildman–Crippen MR) is 57.7 cm³/mol. The van der Waals surface area contributed by atoms with Crippen LogP contribution < -0.4 is 5.32 Å². The quantitative estimate of drug-likeness (QED) is 0.735. The Balaban J connectivity index is 2.24. The average Bonchev–Trinajstić information content (AvgIpc) is 2.56. The van der Waals surface area contributed by atoms with Gasteiger partial charge in [-0.15, -0.1) is 0 Å². The second-order valence-corrected chi connectivity index (χ2v) is 3.89. The summed E-state index contributed by atoms with van der Waals surface area (Å²) in [6.45, 7) is 0.638. The topological polar surface area (TPSA) is 62.3 Å². The third kappa shape index (κ3) is 2.44. The standard InChI is InChI=1S/C11H11F2N3O2/c12-9-7(2-4-15-10(9)13)11(18)16-5-1-3-14-8(17)6-16/h2,4H,1,3,5-6H2,(H,14,17). The van der Waals surface area contributed by atoms with E-state index < -0.39 is 23.2 Å². The van der Waals surface area contributed by atoms with Crippen molar-refractivity contribution in [2.45, 2.75) is 6.42 Å². The molecule has 2 amide bonds. The molecule has 0 spiro atoms. The predicted octanol–water partition coefficient (Wildman–Crippen LogP) is 0.322. The van der Waals surface area contributed by atoms with Crippen molar-refractivity contribution < 1.29 is 18.4 Å². The number of carbonyl (C=O) groups is 2. The zero-order valence-electron chi connectivity index (χ0n) is 9.45. The second-order valence-electron chi connectivity index (χ2n) is 3.89. The van der Waals surface area contributed by atoms with Crippen molar-refractivity contribution in [3.05, 3.63) is 29.6 Å². The maximum absolute atomic E-state index is 13.4. The molecule has 1 fully saturated rings. The lowest BCUT2D eigenvalue weighted by Gasteiger charge is -2.19. The molecule has 1 aliphatic heterocycles. The molecule has 96 valence electrons. The van der Waals surface area contributed by atoms with Gasteiger partial charge in [0.05, 0.1) is 12.1 Å². The van der Waals surface area contributed by atoms with Gasteiger partial charge in [-0.1, -0.05) is 0 Å². The van der Waals surface area contributed by atoms with Crippen LogP contribution in [0.3, 0.4) is 0 Å². The van der Waals surface area contributed by atoms with Crippen LogP contribution in [0.5, 0.6) is 0 Å². The Morgan fingerprint density at radius 3 is 3.00 bits per heavy atom. The van der Waals surface area contributed by atoms with Gasteiger partial charge in [-0.2, -0.15) is 4.39 Å². The molecule has 0 aliphatic carbocycles. The van der Waals surface area contributed by atoms with Crippen LogP contribution in [0.15, 0.2) is 12.3 Å². The van der Waals surface area contributed by atoms with Crippen molar-refractivity contribution in [2.75, 3.05) is 19.6 Å². The third-order valence-electron chi connectivity index (χ3n) is 2.63. The molecule has 1 N–H and O–H groups in total. The minimum absolute atomic E-state index is 0.151. The summed E-state index contributed by atoms with van der Waals surface area (Å²) < 4.78 is 26.3. The Kier molecular flexibility index (Phi) is 3.50. The zero-order valence-corrected chi connectivity index (χ0v) is 9.45. The van der Waals surface area contributed by atoms with Crippen LogP contribution >= 0.6 is 0 Å². The number of hydrogen-bond acceptors (Lipinski definition) is 3. The molecular formula is C11H11F2N3O2. The first kappa shape index (κ1) is 12.4. The van der Waals surface area contributed by atoms with Crippen LogP contribution in [0.1, 0.15) is 16.8 Å². The molecule has 0 unspecified atom stereocenters. The van der Waals surface area contributed by atoms with Crippen molar-refractivity contribution in [2.24, 2.45) is 0 Å². The zero-order chi connectivity index (χ0) is 13.1. The van der Waals surface area contributed by atoms with Gasteiger partial charge in [-0.25, -0.2) is 9.37 Å². The van der Waals surface area contributed by atoms with Crippen molar-refractivity contribution in [3.8, 4) is 0 Å². The fraction of sp³-hybridized carbons (Fsp3) is 0.364. The lowest BCUT2D eigenvalue weighted by molar-refractivity contribution is -0.121. The molecule has 1 aliphatic rings. The summed E-state index contributed by atoms with van der Waals surface area (Å²) in [4.78, 5) is 27.6. The van der Waals surface area contributed by atoms with Crippen LogP contribution in [0.25, 0.3) is 0 Å². The van der Waals surface area contributed by atoms with E-state index in [1.54, 1.807) is 0 Å². The number of hydrogen-bond donors (Lipinski definition) is 1. The van der Waals surface area contributed by atoms with Gasteiger partial charge in [-0.3, -0.25) is 9.59 Å². The van der Waals surface area contributed by atoms with Crippen molar-refractivity contribution >= 4 is 11.8 Å². The van der Waals surface area contributed by atoms with Gasteiger partial charge in [0.15, 0.2) is 5.82 Å². The molecular weight excluding hydrogens is 244 g/mol. The van der Waals surface area contributed by atoms with E-state index in [-0.39, 0.29) is 12.5 Å². The highest BCUT2D eigenvalue weighted by Crippen LogP contribution is 2.12. The van der Waals surface area contributed by atoms with Crippen LogP contribution in [0.2, 0.25) is 0 Å². The van der Waals surface area contributed by atoms with Crippen molar-refractivity contribution in [1.82, 2.24) is 15.2 Å². The molecule has 0 radical (unpaired) electrons. The highest BCUT2D eigenvalue weighted by Gasteiger charge is 2.24. The molecule has 1 saturated heterocycles. The number of halogens is 2. The number of nitrogens with zero attached hydrogens (tertiary/aromatic N) is 2.